The quantitative estimate of drug-likeness (QED) is 0.181. The fraction of sp³-hybridized carbons (Fsp3) is 0.190. The number of benzene rings is 2. The minimum atomic E-state index is -1.08. The Kier molecular flexibility index (Phi) is 35.5. The number of nitrogens with zero attached hydrogens (tertiary/aromatic N) is 6. The Labute approximate surface area is 384 Å². The van der Waals surface area contributed by atoms with E-state index >= 15 is 0 Å². The zero-order valence-corrected chi connectivity index (χ0v) is 38.1. The number of aromatic amines is 2. The molecule has 18 nitrogen and oxygen atoms in total. The van der Waals surface area contributed by atoms with Gasteiger partial charge in [-0.3, -0.25) is 9.59 Å². The molecular weight excluding hydrogens is 982 g/mol. The molecule has 4 aromatic heterocycles. The molecule has 6 aromatic rings. The molecule has 2 N–H and O–H groups in total. The summed E-state index contributed by atoms with van der Waals surface area (Å²) in [7, 11) is 6.75. The summed E-state index contributed by atoms with van der Waals surface area (Å²) in [4.78, 5) is 72.1. The molecule has 2 radical (unpaired) electrons. The van der Waals surface area contributed by atoms with Crippen molar-refractivity contribution >= 4 is 58.8 Å². The van der Waals surface area contributed by atoms with Crippen molar-refractivity contribution in [2.45, 2.75) is 27.7 Å². The zero-order chi connectivity index (χ0) is 46.2. The number of aromatic nitrogens is 4. The average molecular weight is 1030 g/mol. The number of nitriles is 2. The van der Waals surface area contributed by atoms with E-state index in [4.69, 9.17) is 50.1 Å². The molecule has 0 spiro atoms. The van der Waals surface area contributed by atoms with Crippen LogP contribution in [0.25, 0.3) is 44.3 Å². The van der Waals surface area contributed by atoms with Gasteiger partial charge < -0.3 is 59.4 Å². The van der Waals surface area contributed by atoms with Gasteiger partial charge >= 0.3 is 39.0 Å². The molecular formula is C42H44N8O10Rh2. The number of carbonyl (C=O) groups excluding carboxylic acids is 6. The maximum Gasteiger partial charge on any atom is 2.00 e. The maximum absolute atomic E-state index is 9.43. The van der Waals surface area contributed by atoms with E-state index in [1.807, 2.05) is 85.2 Å². The van der Waals surface area contributed by atoms with Gasteiger partial charge in [-0.1, -0.05) is 24.3 Å². The molecule has 0 saturated carbocycles. The number of carbonyl (C=O) groups is 6. The molecule has 2 amide bonds. The van der Waals surface area contributed by atoms with E-state index in [0.717, 1.165) is 84.8 Å². The van der Waals surface area contributed by atoms with E-state index in [-0.39, 0.29) is 39.0 Å². The molecule has 0 unspecified atom stereocenters. The van der Waals surface area contributed by atoms with Crippen LogP contribution in [0.3, 0.4) is 0 Å². The number of fused-ring (bicyclic) bond motifs is 2. The monoisotopic (exact) mass is 1030 g/mol. The van der Waals surface area contributed by atoms with Gasteiger partial charge in [0.25, 0.3) is 0 Å². The summed E-state index contributed by atoms with van der Waals surface area (Å²) in [5.74, 6) is -4.33. The van der Waals surface area contributed by atoms with Gasteiger partial charge in [0.2, 0.25) is 12.8 Å². The molecule has 4 heterocycles. The van der Waals surface area contributed by atoms with Crippen LogP contribution >= 0.6 is 0 Å². The SMILES string of the molecule is CC(=O)[O-].CC(=O)[O-].CC(=O)[O-].CC(=O)[O-].CN(C)C=O.CN(C)C=O.N#Cc1ccc(-c2c[nH]c3ncccc23)cc1.N#Cc1ccc(-c2c[nH]c3ncccc23)cc1.[Rh+2].[Rh+2]. The first-order valence-electron chi connectivity index (χ1n) is 17.0. The molecule has 0 fully saturated rings. The second-order valence-electron chi connectivity index (χ2n) is 11.7. The summed E-state index contributed by atoms with van der Waals surface area (Å²) in [6.07, 6.45) is 8.92. The van der Waals surface area contributed by atoms with E-state index in [9.17, 15) is 9.59 Å². The minimum absolute atomic E-state index is 0. The van der Waals surface area contributed by atoms with Crippen LogP contribution in [0.5, 0.6) is 0 Å². The predicted octanol–water partition coefficient (Wildman–Crippen LogP) is 0.632. The van der Waals surface area contributed by atoms with E-state index in [0.29, 0.717) is 11.1 Å². The standard InChI is InChI=1S/2C14H9N3.2C3H7NO.4C2H4O2.2Rh/c2*15-8-10-3-5-11(6-4-10)13-9-17-14-12(13)2-1-7-16-14;2*1-4(2)3-5;4*1-2(3)4;;/h2*1-7,9H,(H,16,17);2*3H,1-2H3;4*1H3,(H,3,4);;/q;;;;;;;;2*+2/p-4. The van der Waals surface area contributed by atoms with Crippen molar-refractivity contribution < 1.29 is 88.1 Å². The average Bonchev–Trinajstić information content (AvgIpc) is 3.83. The molecule has 330 valence electrons. The van der Waals surface area contributed by atoms with Crippen LogP contribution in [-0.2, 0) is 67.7 Å². The summed E-state index contributed by atoms with van der Waals surface area (Å²) < 4.78 is 0. The third kappa shape index (κ3) is 30.0. The zero-order valence-electron chi connectivity index (χ0n) is 34.8. The van der Waals surface area contributed by atoms with E-state index in [1.54, 1.807) is 40.6 Å². The van der Waals surface area contributed by atoms with Gasteiger partial charge in [0.15, 0.2) is 0 Å². The van der Waals surface area contributed by atoms with Crippen molar-refractivity contribution in [3.05, 3.63) is 109 Å². The van der Waals surface area contributed by atoms with Gasteiger partial charge in [-0.25, -0.2) is 9.97 Å². The third-order valence-electron chi connectivity index (χ3n) is 5.97. The van der Waals surface area contributed by atoms with Crippen molar-refractivity contribution in [3.8, 4) is 34.4 Å². The van der Waals surface area contributed by atoms with E-state index in [2.05, 4.69) is 32.1 Å². The Morgan fingerprint density at radius 1 is 0.548 bits per heavy atom. The first-order chi connectivity index (χ1) is 28.2. The van der Waals surface area contributed by atoms with Crippen molar-refractivity contribution in [3.63, 3.8) is 0 Å². The van der Waals surface area contributed by atoms with Gasteiger partial charge in [0.05, 0.1) is 23.3 Å². The summed E-state index contributed by atoms with van der Waals surface area (Å²) in [6.45, 7) is 3.89. The molecule has 0 aliphatic carbocycles. The first-order valence-corrected chi connectivity index (χ1v) is 17.0. The van der Waals surface area contributed by atoms with Crippen LogP contribution in [0.15, 0.2) is 97.6 Å². The fourth-order valence-corrected chi connectivity index (χ4v) is 3.84. The fourth-order valence-electron chi connectivity index (χ4n) is 3.84. The smallest absolute Gasteiger partial charge is 0.550 e. The van der Waals surface area contributed by atoms with Crippen molar-refractivity contribution in [1.82, 2.24) is 29.7 Å². The summed E-state index contributed by atoms with van der Waals surface area (Å²) in [6, 6.07) is 27.2. The molecule has 0 aliphatic heterocycles. The first kappa shape index (κ1) is 61.5. The number of nitrogens with one attached hydrogen (secondary N) is 2. The van der Waals surface area contributed by atoms with Gasteiger partial charge in [-0.15, -0.1) is 0 Å². The summed E-state index contributed by atoms with van der Waals surface area (Å²) >= 11 is 0. The summed E-state index contributed by atoms with van der Waals surface area (Å²) in [5, 5.41) is 55.3. The number of hydrogen-bond acceptors (Lipinski definition) is 14. The number of amides is 2. The van der Waals surface area contributed by atoms with E-state index < -0.39 is 23.9 Å². The van der Waals surface area contributed by atoms with E-state index in [1.165, 1.54) is 9.80 Å². The van der Waals surface area contributed by atoms with Crippen LogP contribution in [0, 0.1) is 22.7 Å². The van der Waals surface area contributed by atoms with Crippen LogP contribution in [0.4, 0.5) is 0 Å². The third-order valence-corrected chi connectivity index (χ3v) is 5.97. The molecule has 0 atom stereocenters. The van der Waals surface area contributed by atoms with Crippen LogP contribution in [0.2, 0.25) is 0 Å². The minimum Gasteiger partial charge on any atom is -0.550 e. The Balaban J connectivity index is -0.000000346. The number of carboxylic acid groups (broad SMARTS) is 4. The molecule has 0 bridgehead atoms. The largest absolute Gasteiger partial charge is 2.00 e. The topological polar surface area (TPSA) is 306 Å². The molecule has 0 saturated heterocycles. The van der Waals surface area contributed by atoms with Gasteiger partial charge in [0.1, 0.15) is 11.3 Å². The van der Waals surface area contributed by atoms with Gasteiger partial charge in [-0.2, -0.15) is 10.5 Å². The van der Waals surface area contributed by atoms with Crippen LogP contribution in [0.1, 0.15) is 38.8 Å². The molecule has 20 heteroatoms. The number of pyridine rings is 2. The molecule has 0 aliphatic rings. The van der Waals surface area contributed by atoms with Crippen LogP contribution < -0.4 is 20.4 Å². The number of aliphatic carboxylic acids is 4. The van der Waals surface area contributed by atoms with Crippen LogP contribution in [-0.4, -0.2) is 94.6 Å². The Morgan fingerprint density at radius 2 is 0.790 bits per heavy atom. The number of carboxylic acids is 4. The Hall–Kier alpha value is -7.13. The molecule has 2 aromatic carbocycles. The second kappa shape index (κ2) is 35.8. The van der Waals surface area contributed by atoms with Crippen molar-refractivity contribution in [2.24, 2.45) is 0 Å². The number of H-pyrrole nitrogens is 2. The number of hydrogen-bond donors (Lipinski definition) is 2. The van der Waals surface area contributed by atoms with Crippen molar-refractivity contribution in [1.29, 1.82) is 10.5 Å². The van der Waals surface area contributed by atoms with Crippen molar-refractivity contribution in [2.75, 3.05) is 28.2 Å². The maximum atomic E-state index is 9.43. The molecule has 62 heavy (non-hydrogen) atoms. The number of rotatable bonds is 4. The molecule has 6 rings (SSSR count). The Bertz CT molecular complexity index is 2110. The van der Waals surface area contributed by atoms with Gasteiger partial charge in [-0.05, 0) is 87.4 Å². The van der Waals surface area contributed by atoms with Gasteiger partial charge in [0, 0.05) is 98.8 Å². The summed E-state index contributed by atoms with van der Waals surface area (Å²) in [5.41, 5.74) is 7.50. The Morgan fingerprint density at radius 3 is 1.00 bits per heavy atom. The normalized spacial score (nSPS) is 8.35. The predicted molar refractivity (Wildman–Crippen MR) is 215 cm³/mol. The second-order valence-corrected chi connectivity index (χ2v) is 11.7.